The molecule has 2 aromatic carbocycles. The quantitative estimate of drug-likeness (QED) is 0.417. The van der Waals surface area contributed by atoms with Crippen LogP contribution in [0.25, 0.3) is 0 Å². The topological polar surface area (TPSA) is 125 Å². The number of nitrogens with zero attached hydrogens (tertiary/aromatic N) is 1. The molecule has 0 aromatic heterocycles. The van der Waals surface area contributed by atoms with Gasteiger partial charge in [0.2, 0.25) is 5.91 Å². The highest BCUT2D eigenvalue weighted by atomic mass is 16.6. The van der Waals surface area contributed by atoms with Gasteiger partial charge < -0.3 is 14.8 Å². The molecule has 0 fully saturated rings. The first kappa shape index (κ1) is 22.5. The fraction of sp³-hybridized carbons (Fsp3) is 0.286. The van der Waals surface area contributed by atoms with Gasteiger partial charge in [0, 0.05) is 17.8 Å². The Morgan fingerprint density at radius 1 is 0.933 bits per heavy atom. The minimum atomic E-state index is -0.674. The largest absolute Gasteiger partial charge is 0.465 e. The normalized spacial score (nSPS) is 11.5. The zero-order valence-corrected chi connectivity index (χ0v) is 17.0. The molecule has 9 heteroatoms. The van der Waals surface area contributed by atoms with Gasteiger partial charge in [-0.25, -0.2) is 9.59 Å². The SMILES string of the molecule is COC(=O)c1cc(NC(=O)C(c2ccc([N+](=O)[O-])cc2)C(C)C)cc(C(=O)OC)c1. The molecule has 0 aliphatic carbocycles. The van der Waals surface area contributed by atoms with Crippen LogP contribution in [-0.4, -0.2) is 37.0 Å². The first-order chi connectivity index (χ1) is 14.2. The van der Waals surface area contributed by atoms with Crippen LogP contribution in [0.2, 0.25) is 0 Å². The Bertz CT molecular complexity index is 934. The Balaban J connectivity index is 2.38. The lowest BCUT2D eigenvalue weighted by Crippen LogP contribution is -2.25. The maximum Gasteiger partial charge on any atom is 0.337 e. The van der Waals surface area contributed by atoms with Gasteiger partial charge in [-0.3, -0.25) is 14.9 Å². The van der Waals surface area contributed by atoms with Crippen molar-refractivity contribution in [3.05, 3.63) is 69.3 Å². The first-order valence-electron chi connectivity index (χ1n) is 9.04. The highest BCUT2D eigenvalue weighted by molar-refractivity contribution is 6.01. The number of hydrogen-bond acceptors (Lipinski definition) is 7. The molecule has 1 amide bonds. The summed E-state index contributed by atoms with van der Waals surface area (Å²) < 4.78 is 9.38. The van der Waals surface area contributed by atoms with Crippen molar-refractivity contribution in [1.82, 2.24) is 0 Å². The maximum absolute atomic E-state index is 13.0. The number of rotatable bonds is 7. The van der Waals surface area contributed by atoms with Crippen LogP contribution < -0.4 is 5.32 Å². The summed E-state index contributed by atoms with van der Waals surface area (Å²) in [5.74, 6) is -2.49. The predicted molar refractivity (Wildman–Crippen MR) is 108 cm³/mol. The van der Waals surface area contributed by atoms with Gasteiger partial charge in [-0.2, -0.15) is 0 Å². The second-order valence-corrected chi connectivity index (χ2v) is 6.84. The van der Waals surface area contributed by atoms with Crippen molar-refractivity contribution in [2.75, 3.05) is 19.5 Å². The lowest BCUT2D eigenvalue weighted by atomic mass is 9.87. The molecule has 2 aromatic rings. The van der Waals surface area contributed by atoms with E-state index in [2.05, 4.69) is 5.32 Å². The van der Waals surface area contributed by atoms with Crippen molar-refractivity contribution in [1.29, 1.82) is 0 Å². The minimum Gasteiger partial charge on any atom is -0.465 e. The smallest absolute Gasteiger partial charge is 0.337 e. The number of nitro benzene ring substituents is 1. The van der Waals surface area contributed by atoms with Gasteiger partial charge in [0.05, 0.1) is 36.2 Å². The molecule has 0 heterocycles. The number of benzene rings is 2. The third-order valence-corrected chi connectivity index (χ3v) is 4.45. The highest BCUT2D eigenvalue weighted by Crippen LogP contribution is 2.28. The fourth-order valence-electron chi connectivity index (χ4n) is 3.03. The average Bonchev–Trinajstić information content (AvgIpc) is 2.72. The maximum atomic E-state index is 13.0. The fourth-order valence-corrected chi connectivity index (χ4v) is 3.03. The lowest BCUT2D eigenvalue weighted by Gasteiger charge is -2.21. The molecule has 0 spiro atoms. The van der Waals surface area contributed by atoms with Gasteiger partial charge in [0.15, 0.2) is 0 Å². The van der Waals surface area contributed by atoms with Crippen molar-refractivity contribution < 1.29 is 28.8 Å². The Morgan fingerprint density at radius 2 is 1.43 bits per heavy atom. The summed E-state index contributed by atoms with van der Waals surface area (Å²) >= 11 is 0. The zero-order chi connectivity index (χ0) is 22.4. The highest BCUT2D eigenvalue weighted by Gasteiger charge is 2.26. The molecule has 0 aliphatic rings. The summed E-state index contributed by atoms with van der Waals surface area (Å²) in [5, 5.41) is 13.6. The third-order valence-electron chi connectivity index (χ3n) is 4.45. The number of non-ortho nitro benzene ring substituents is 1. The third kappa shape index (κ3) is 5.19. The number of carbonyl (C=O) groups excluding carboxylic acids is 3. The molecule has 0 bridgehead atoms. The molecular weight excluding hydrogens is 392 g/mol. The molecule has 158 valence electrons. The van der Waals surface area contributed by atoms with Crippen molar-refractivity contribution in [3.8, 4) is 0 Å². The molecular formula is C21H22N2O7. The zero-order valence-electron chi connectivity index (χ0n) is 17.0. The Labute approximate surface area is 173 Å². The van der Waals surface area contributed by atoms with Crippen molar-refractivity contribution >= 4 is 29.2 Å². The van der Waals surface area contributed by atoms with Gasteiger partial charge in [-0.15, -0.1) is 0 Å². The number of nitro groups is 1. The number of anilines is 1. The molecule has 30 heavy (non-hydrogen) atoms. The number of nitrogens with one attached hydrogen (secondary N) is 1. The molecule has 1 atom stereocenters. The van der Waals surface area contributed by atoms with Crippen molar-refractivity contribution in [3.63, 3.8) is 0 Å². The van der Waals surface area contributed by atoms with E-state index in [-0.39, 0.29) is 28.4 Å². The summed E-state index contributed by atoms with van der Waals surface area (Å²) in [6, 6.07) is 9.84. The molecule has 0 aliphatic heterocycles. The number of amides is 1. The van der Waals surface area contributed by atoms with E-state index >= 15 is 0 Å². The van der Waals surface area contributed by atoms with E-state index in [9.17, 15) is 24.5 Å². The first-order valence-corrected chi connectivity index (χ1v) is 9.04. The van der Waals surface area contributed by atoms with Crippen LogP contribution in [0.1, 0.15) is 46.0 Å². The molecule has 1 unspecified atom stereocenters. The predicted octanol–water partition coefficient (Wildman–Crippen LogP) is 3.55. The molecule has 0 saturated heterocycles. The van der Waals surface area contributed by atoms with Gasteiger partial charge >= 0.3 is 11.9 Å². The van der Waals surface area contributed by atoms with Gasteiger partial charge in [0.25, 0.3) is 5.69 Å². The summed E-state index contributed by atoms with van der Waals surface area (Å²) in [7, 11) is 2.41. The Morgan fingerprint density at radius 3 is 1.83 bits per heavy atom. The minimum absolute atomic E-state index is 0.0739. The van der Waals surface area contributed by atoms with Gasteiger partial charge in [-0.1, -0.05) is 26.0 Å². The van der Waals surface area contributed by atoms with Crippen LogP contribution in [0.15, 0.2) is 42.5 Å². The summed E-state index contributed by atoms with van der Waals surface area (Å²) in [5.41, 5.74) is 0.899. The van der Waals surface area contributed by atoms with Crippen LogP contribution in [0.4, 0.5) is 11.4 Å². The molecule has 0 saturated carbocycles. The van der Waals surface area contributed by atoms with E-state index in [0.29, 0.717) is 5.56 Å². The number of hydrogen-bond donors (Lipinski definition) is 1. The molecule has 2 rings (SSSR count). The van der Waals surface area contributed by atoms with E-state index in [1.54, 1.807) is 0 Å². The van der Waals surface area contributed by atoms with Crippen molar-refractivity contribution in [2.45, 2.75) is 19.8 Å². The average molecular weight is 414 g/mol. The molecule has 1 N–H and O–H groups in total. The van der Waals surface area contributed by atoms with Crippen LogP contribution in [0.5, 0.6) is 0 Å². The molecule has 0 radical (unpaired) electrons. The Hall–Kier alpha value is -3.75. The number of carbonyl (C=O) groups is 3. The number of methoxy groups -OCH3 is 2. The standard InChI is InChI=1S/C21H22N2O7/c1-12(2)18(13-5-7-17(8-6-13)23(27)28)19(24)22-16-10-14(20(25)29-3)9-15(11-16)21(26)30-4/h5-12,18H,1-4H3,(H,22,24). The van der Waals surface area contributed by atoms with E-state index in [1.165, 1.54) is 56.7 Å². The van der Waals surface area contributed by atoms with Crippen LogP contribution in [0.3, 0.4) is 0 Å². The summed E-state index contributed by atoms with van der Waals surface area (Å²) in [6.07, 6.45) is 0. The summed E-state index contributed by atoms with van der Waals surface area (Å²) in [6.45, 7) is 3.69. The second-order valence-electron chi connectivity index (χ2n) is 6.84. The lowest BCUT2D eigenvalue weighted by molar-refractivity contribution is -0.384. The van der Waals surface area contributed by atoms with Crippen LogP contribution in [-0.2, 0) is 14.3 Å². The van der Waals surface area contributed by atoms with Crippen molar-refractivity contribution in [2.24, 2.45) is 5.92 Å². The van der Waals surface area contributed by atoms with E-state index in [1.807, 2.05) is 13.8 Å². The monoisotopic (exact) mass is 414 g/mol. The van der Waals surface area contributed by atoms with Crippen LogP contribution in [0, 0.1) is 16.0 Å². The van der Waals surface area contributed by atoms with E-state index in [4.69, 9.17) is 9.47 Å². The Kier molecular flexibility index (Phi) is 7.24. The summed E-state index contributed by atoms with van der Waals surface area (Å²) in [4.78, 5) is 47.2. The van der Waals surface area contributed by atoms with E-state index < -0.39 is 28.7 Å². The molecule has 9 nitrogen and oxygen atoms in total. The van der Waals surface area contributed by atoms with Gasteiger partial charge in [-0.05, 0) is 29.7 Å². The second kappa shape index (κ2) is 9.64. The number of ether oxygens (including phenoxy) is 2. The van der Waals surface area contributed by atoms with Crippen LogP contribution >= 0.6 is 0 Å². The van der Waals surface area contributed by atoms with E-state index in [0.717, 1.165) is 0 Å². The number of esters is 2. The van der Waals surface area contributed by atoms with Gasteiger partial charge in [0.1, 0.15) is 0 Å².